The number of hydrogen-bond donors (Lipinski definition) is 2. The summed E-state index contributed by atoms with van der Waals surface area (Å²) in [6.07, 6.45) is 1.64. The third-order valence-electron chi connectivity index (χ3n) is 3.48. The van der Waals surface area contributed by atoms with E-state index in [1.54, 1.807) is 6.26 Å². The molecule has 0 saturated heterocycles. The van der Waals surface area contributed by atoms with Gasteiger partial charge in [0.2, 0.25) is 0 Å². The van der Waals surface area contributed by atoms with Gasteiger partial charge in [0.05, 0.1) is 19.4 Å². The van der Waals surface area contributed by atoms with Gasteiger partial charge in [-0.15, -0.1) is 0 Å². The average Bonchev–Trinajstić information content (AvgIpc) is 3.13. The van der Waals surface area contributed by atoms with E-state index in [-0.39, 0.29) is 11.9 Å². The molecule has 0 aliphatic carbocycles. The van der Waals surface area contributed by atoms with E-state index in [0.717, 1.165) is 17.3 Å². The summed E-state index contributed by atoms with van der Waals surface area (Å²) in [5.74, 6) is 2.41. The van der Waals surface area contributed by atoms with Gasteiger partial charge in [-0.05, 0) is 50.2 Å². The molecule has 0 unspecified atom stereocenters. The highest BCUT2D eigenvalue weighted by atomic mass is 16.5. The number of nitrogens with one attached hydrogen (secondary N) is 1. The number of amides is 1. The van der Waals surface area contributed by atoms with Gasteiger partial charge in [0.25, 0.3) is 5.91 Å². The fourth-order valence-electron chi connectivity index (χ4n) is 2.18. The minimum atomic E-state index is -0.0244. The van der Waals surface area contributed by atoms with Crippen LogP contribution in [-0.2, 0) is 4.79 Å². The summed E-state index contributed by atoms with van der Waals surface area (Å²) < 4.78 is 16.3. The Hall–Kier alpha value is -2.47. The van der Waals surface area contributed by atoms with Gasteiger partial charge in [0.15, 0.2) is 12.3 Å². The Morgan fingerprint density at radius 3 is 2.54 bits per heavy atom. The Morgan fingerprint density at radius 2 is 1.92 bits per heavy atom. The zero-order valence-electron chi connectivity index (χ0n) is 14.2. The summed E-state index contributed by atoms with van der Waals surface area (Å²) in [4.78, 5) is 11.8. The molecule has 0 spiro atoms. The summed E-state index contributed by atoms with van der Waals surface area (Å²) in [7, 11) is 0. The second kappa shape index (κ2) is 9.62. The van der Waals surface area contributed by atoms with Crippen molar-refractivity contribution in [3.8, 4) is 11.5 Å². The normalized spacial score (nSPS) is 11.8. The van der Waals surface area contributed by atoms with Gasteiger partial charge >= 0.3 is 0 Å². The van der Waals surface area contributed by atoms with E-state index >= 15 is 0 Å². The third-order valence-corrected chi connectivity index (χ3v) is 3.48. The number of carbonyl (C=O) groups excluding carboxylic acids is 1. The van der Waals surface area contributed by atoms with Crippen LogP contribution in [-0.4, -0.2) is 32.2 Å². The van der Waals surface area contributed by atoms with Gasteiger partial charge in [0, 0.05) is 0 Å². The molecule has 1 atom stereocenters. The molecule has 0 saturated carbocycles. The summed E-state index contributed by atoms with van der Waals surface area (Å²) in [5, 5.41) is 4.77. The topological polar surface area (TPSA) is 77.3 Å². The summed E-state index contributed by atoms with van der Waals surface area (Å²) >= 11 is 0. The van der Waals surface area contributed by atoms with Crippen molar-refractivity contribution in [2.45, 2.75) is 19.9 Å². The fourth-order valence-corrected chi connectivity index (χ4v) is 2.18. The second-order valence-corrected chi connectivity index (χ2v) is 5.35. The predicted molar refractivity (Wildman–Crippen MR) is 90.0 cm³/mol. The van der Waals surface area contributed by atoms with Crippen LogP contribution < -0.4 is 20.1 Å². The van der Waals surface area contributed by atoms with Crippen molar-refractivity contribution in [2.24, 2.45) is 0 Å². The zero-order valence-corrected chi connectivity index (χ0v) is 14.2. The number of furan rings is 1. The second-order valence-electron chi connectivity index (χ2n) is 5.35. The number of quaternary nitrogens is 1. The van der Waals surface area contributed by atoms with Crippen LogP contribution in [0.3, 0.4) is 0 Å². The van der Waals surface area contributed by atoms with Crippen molar-refractivity contribution >= 4 is 5.91 Å². The van der Waals surface area contributed by atoms with E-state index < -0.39 is 0 Å². The molecule has 1 aromatic heterocycles. The van der Waals surface area contributed by atoms with Crippen molar-refractivity contribution in [1.82, 2.24) is 5.32 Å². The first-order chi connectivity index (χ1) is 11.7. The first-order valence-electron chi connectivity index (χ1n) is 8.18. The van der Waals surface area contributed by atoms with Crippen molar-refractivity contribution in [3.05, 3.63) is 48.4 Å². The summed E-state index contributed by atoms with van der Waals surface area (Å²) in [6, 6.07) is 11.3. The van der Waals surface area contributed by atoms with Crippen LogP contribution in [0.5, 0.6) is 11.5 Å². The van der Waals surface area contributed by atoms with Gasteiger partial charge in [-0.1, -0.05) is 0 Å². The number of rotatable bonds is 10. The highest BCUT2D eigenvalue weighted by Crippen LogP contribution is 2.17. The first-order valence-corrected chi connectivity index (χ1v) is 8.18. The van der Waals surface area contributed by atoms with Crippen molar-refractivity contribution in [1.29, 1.82) is 0 Å². The largest absolute Gasteiger partial charge is 0.494 e. The molecule has 1 heterocycles. The van der Waals surface area contributed by atoms with Gasteiger partial charge in [-0.25, -0.2) is 0 Å². The monoisotopic (exact) mass is 333 g/mol. The molecule has 130 valence electrons. The smallest absolute Gasteiger partial charge is 0.275 e. The fraction of sp³-hybridized carbons (Fsp3) is 0.389. The van der Waals surface area contributed by atoms with Crippen LogP contribution >= 0.6 is 0 Å². The maximum atomic E-state index is 11.8. The maximum Gasteiger partial charge on any atom is 0.275 e. The van der Waals surface area contributed by atoms with E-state index in [4.69, 9.17) is 13.9 Å². The molecule has 0 aliphatic heterocycles. The van der Waals surface area contributed by atoms with Crippen LogP contribution in [0.1, 0.15) is 25.6 Å². The maximum absolute atomic E-state index is 11.8. The molecule has 6 heteroatoms. The summed E-state index contributed by atoms with van der Waals surface area (Å²) in [5.41, 5.74) is 0. The highest BCUT2D eigenvalue weighted by molar-refractivity contribution is 5.76. The molecular formula is C18H25N2O4+. The lowest BCUT2D eigenvalue weighted by Gasteiger charge is -2.10. The number of hydrogen-bond acceptors (Lipinski definition) is 4. The molecule has 1 aromatic carbocycles. The molecule has 0 radical (unpaired) electrons. The minimum Gasteiger partial charge on any atom is -0.494 e. The molecule has 3 N–H and O–H groups in total. The quantitative estimate of drug-likeness (QED) is 0.646. The molecule has 0 fully saturated rings. The molecule has 0 bridgehead atoms. The highest BCUT2D eigenvalue weighted by Gasteiger charge is 2.13. The van der Waals surface area contributed by atoms with Crippen molar-refractivity contribution < 1.29 is 24.0 Å². The van der Waals surface area contributed by atoms with Gasteiger partial charge in [-0.2, -0.15) is 0 Å². The molecule has 24 heavy (non-hydrogen) atoms. The Morgan fingerprint density at radius 1 is 1.21 bits per heavy atom. The van der Waals surface area contributed by atoms with E-state index in [1.165, 1.54) is 0 Å². The van der Waals surface area contributed by atoms with E-state index in [2.05, 4.69) is 5.32 Å². The van der Waals surface area contributed by atoms with Crippen LogP contribution in [0.4, 0.5) is 0 Å². The van der Waals surface area contributed by atoms with Crippen molar-refractivity contribution in [2.75, 3.05) is 26.3 Å². The van der Waals surface area contributed by atoms with Gasteiger partial charge in [0.1, 0.15) is 24.1 Å². The average molecular weight is 333 g/mol. The van der Waals surface area contributed by atoms with Crippen LogP contribution in [0, 0.1) is 0 Å². The molecule has 2 rings (SSSR count). The van der Waals surface area contributed by atoms with E-state index in [0.29, 0.717) is 26.3 Å². The minimum absolute atomic E-state index is 0.0244. The molecule has 2 aromatic rings. The SMILES string of the molecule is CCOc1ccc(OCCNC(=O)C[NH2+][C@@H](C)c2ccco2)cc1. The lowest BCUT2D eigenvalue weighted by Crippen LogP contribution is -2.87. The van der Waals surface area contributed by atoms with Crippen molar-refractivity contribution in [3.63, 3.8) is 0 Å². The van der Waals surface area contributed by atoms with E-state index in [9.17, 15) is 4.79 Å². The number of benzene rings is 1. The van der Waals surface area contributed by atoms with Crippen LogP contribution in [0.2, 0.25) is 0 Å². The number of ether oxygens (including phenoxy) is 2. The number of nitrogens with two attached hydrogens (primary N) is 1. The Labute approximate surface area is 142 Å². The Balaban J connectivity index is 1.59. The molecule has 6 nitrogen and oxygen atoms in total. The zero-order chi connectivity index (χ0) is 17.2. The summed E-state index contributed by atoms with van der Waals surface area (Å²) in [6.45, 7) is 5.83. The lowest BCUT2D eigenvalue weighted by atomic mass is 10.2. The number of carbonyl (C=O) groups is 1. The van der Waals surface area contributed by atoms with Crippen LogP contribution in [0.15, 0.2) is 47.1 Å². The Bertz CT molecular complexity index is 596. The van der Waals surface area contributed by atoms with Crippen LogP contribution in [0.25, 0.3) is 0 Å². The lowest BCUT2D eigenvalue weighted by molar-refractivity contribution is -0.684. The standard InChI is InChI=1S/C18H24N2O4/c1-3-22-15-6-8-16(9-7-15)23-12-10-19-18(21)13-20-14(2)17-5-4-11-24-17/h4-9,11,14,20H,3,10,12-13H2,1-2H3,(H,19,21)/p+1/t14-/m0/s1. The van der Waals surface area contributed by atoms with Gasteiger partial charge in [-0.3, -0.25) is 4.79 Å². The van der Waals surface area contributed by atoms with E-state index in [1.807, 2.05) is 55.6 Å². The molecular weight excluding hydrogens is 308 g/mol. The predicted octanol–water partition coefficient (Wildman–Crippen LogP) is 1.50. The first kappa shape index (κ1) is 17.9. The van der Waals surface area contributed by atoms with Gasteiger partial charge < -0.3 is 24.5 Å². The molecule has 1 amide bonds. The third kappa shape index (κ3) is 5.96. The Kier molecular flexibility index (Phi) is 7.17. The molecule has 0 aliphatic rings.